The first-order chi connectivity index (χ1) is 9.54. The zero-order valence-corrected chi connectivity index (χ0v) is 12.0. The molecule has 106 valence electrons. The zero-order chi connectivity index (χ0) is 14.7. The monoisotopic (exact) mass is 275 g/mol. The first kappa shape index (κ1) is 14.7. The molecule has 0 aliphatic carbocycles. The van der Waals surface area contributed by atoms with E-state index >= 15 is 0 Å². The van der Waals surface area contributed by atoms with Gasteiger partial charge in [-0.05, 0) is 60.8 Å². The minimum Gasteiger partial charge on any atom is -0.310 e. The second-order valence-corrected chi connectivity index (χ2v) is 4.92. The van der Waals surface area contributed by atoms with Gasteiger partial charge in [-0.2, -0.15) is 0 Å². The third-order valence-corrected chi connectivity index (χ3v) is 3.55. The van der Waals surface area contributed by atoms with Crippen molar-refractivity contribution in [1.29, 1.82) is 0 Å². The molecular weight excluding hydrogens is 256 g/mol. The SMILES string of the molecule is CCNC(C)c1ccc(F)cc1-c1cccc(F)c1C. The Labute approximate surface area is 118 Å². The number of benzene rings is 2. The van der Waals surface area contributed by atoms with Gasteiger partial charge in [0.2, 0.25) is 0 Å². The minimum atomic E-state index is -0.309. The molecule has 0 aromatic heterocycles. The van der Waals surface area contributed by atoms with E-state index in [1.54, 1.807) is 19.1 Å². The van der Waals surface area contributed by atoms with E-state index in [0.29, 0.717) is 5.56 Å². The van der Waals surface area contributed by atoms with Gasteiger partial charge >= 0.3 is 0 Å². The van der Waals surface area contributed by atoms with Gasteiger partial charge < -0.3 is 5.32 Å². The Bertz CT molecular complexity index is 608. The van der Waals surface area contributed by atoms with E-state index in [2.05, 4.69) is 5.32 Å². The average molecular weight is 275 g/mol. The molecule has 2 aromatic carbocycles. The van der Waals surface area contributed by atoms with E-state index in [9.17, 15) is 8.78 Å². The van der Waals surface area contributed by atoms with E-state index in [1.165, 1.54) is 18.2 Å². The van der Waals surface area contributed by atoms with Gasteiger partial charge in [0, 0.05) is 6.04 Å². The van der Waals surface area contributed by atoms with Crippen molar-refractivity contribution in [2.24, 2.45) is 0 Å². The maximum atomic E-state index is 13.7. The fourth-order valence-electron chi connectivity index (χ4n) is 2.45. The molecule has 0 saturated carbocycles. The van der Waals surface area contributed by atoms with E-state index in [0.717, 1.165) is 23.2 Å². The number of halogens is 2. The summed E-state index contributed by atoms with van der Waals surface area (Å²) in [7, 11) is 0. The fraction of sp³-hybridized carbons (Fsp3) is 0.294. The number of nitrogens with one attached hydrogen (secondary N) is 1. The third-order valence-electron chi connectivity index (χ3n) is 3.55. The molecular formula is C17H19F2N. The molecule has 3 heteroatoms. The molecule has 1 atom stereocenters. The summed E-state index contributed by atoms with van der Waals surface area (Å²) >= 11 is 0. The predicted molar refractivity (Wildman–Crippen MR) is 78.6 cm³/mol. The van der Waals surface area contributed by atoms with Crippen LogP contribution in [0.5, 0.6) is 0 Å². The lowest BCUT2D eigenvalue weighted by molar-refractivity contribution is 0.592. The summed E-state index contributed by atoms with van der Waals surface area (Å²) in [4.78, 5) is 0. The van der Waals surface area contributed by atoms with Crippen LogP contribution < -0.4 is 5.32 Å². The molecule has 0 heterocycles. The Morgan fingerprint density at radius 2 is 1.85 bits per heavy atom. The third kappa shape index (κ3) is 2.88. The smallest absolute Gasteiger partial charge is 0.126 e. The van der Waals surface area contributed by atoms with Crippen molar-refractivity contribution in [2.45, 2.75) is 26.8 Å². The topological polar surface area (TPSA) is 12.0 Å². The zero-order valence-electron chi connectivity index (χ0n) is 12.0. The maximum absolute atomic E-state index is 13.7. The van der Waals surface area contributed by atoms with Gasteiger partial charge in [-0.1, -0.05) is 25.1 Å². The van der Waals surface area contributed by atoms with Crippen LogP contribution >= 0.6 is 0 Å². The van der Waals surface area contributed by atoms with Crippen molar-refractivity contribution < 1.29 is 8.78 Å². The lowest BCUT2D eigenvalue weighted by Crippen LogP contribution is -2.18. The first-order valence-corrected chi connectivity index (χ1v) is 6.83. The van der Waals surface area contributed by atoms with Crippen LogP contribution in [0.1, 0.15) is 31.0 Å². The van der Waals surface area contributed by atoms with Crippen molar-refractivity contribution >= 4 is 0 Å². The molecule has 1 nitrogen and oxygen atoms in total. The quantitative estimate of drug-likeness (QED) is 0.859. The molecule has 0 radical (unpaired) electrons. The highest BCUT2D eigenvalue weighted by Crippen LogP contribution is 2.32. The van der Waals surface area contributed by atoms with Crippen LogP contribution in [0.3, 0.4) is 0 Å². The van der Waals surface area contributed by atoms with Crippen molar-refractivity contribution in [3.8, 4) is 11.1 Å². The van der Waals surface area contributed by atoms with Crippen LogP contribution in [0.25, 0.3) is 11.1 Å². The number of hydrogen-bond acceptors (Lipinski definition) is 1. The molecule has 2 aromatic rings. The molecule has 20 heavy (non-hydrogen) atoms. The summed E-state index contributed by atoms with van der Waals surface area (Å²) in [5.74, 6) is -0.579. The second-order valence-electron chi connectivity index (χ2n) is 4.92. The second kappa shape index (κ2) is 6.14. The van der Waals surface area contributed by atoms with Crippen LogP contribution in [-0.4, -0.2) is 6.54 Å². The standard InChI is InChI=1S/C17H19F2N/c1-4-20-12(3)15-9-8-13(18)10-16(15)14-6-5-7-17(19)11(14)2/h5-10,12,20H,4H2,1-3H3. The fourth-order valence-corrected chi connectivity index (χ4v) is 2.45. The molecule has 0 aliphatic heterocycles. The number of hydrogen-bond donors (Lipinski definition) is 1. The summed E-state index contributed by atoms with van der Waals surface area (Å²) in [5, 5.41) is 3.31. The highest BCUT2D eigenvalue weighted by atomic mass is 19.1. The lowest BCUT2D eigenvalue weighted by Gasteiger charge is -2.19. The van der Waals surface area contributed by atoms with Crippen LogP contribution in [0.2, 0.25) is 0 Å². The molecule has 1 unspecified atom stereocenters. The van der Waals surface area contributed by atoms with Gasteiger partial charge in [0.15, 0.2) is 0 Å². The van der Waals surface area contributed by atoms with E-state index in [-0.39, 0.29) is 17.7 Å². The van der Waals surface area contributed by atoms with Crippen LogP contribution in [0.15, 0.2) is 36.4 Å². The molecule has 2 rings (SSSR count). The van der Waals surface area contributed by atoms with Crippen LogP contribution in [-0.2, 0) is 0 Å². The summed E-state index contributed by atoms with van der Waals surface area (Å²) in [6.07, 6.45) is 0. The summed E-state index contributed by atoms with van der Waals surface area (Å²) < 4.78 is 27.3. The van der Waals surface area contributed by atoms with Crippen molar-refractivity contribution in [3.63, 3.8) is 0 Å². The molecule has 0 spiro atoms. The Hall–Kier alpha value is -1.74. The van der Waals surface area contributed by atoms with E-state index < -0.39 is 0 Å². The summed E-state index contributed by atoms with van der Waals surface area (Å²) in [6.45, 7) is 6.58. The van der Waals surface area contributed by atoms with Gasteiger partial charge in [-0.3, -0.25) is 0 Å². The Morgan fingerprint density at radius 3 is 2.55 bits per heavy atom. The number of rotatable bonds is 4. The molecule has 0 saturated heterocycles. The molecule has 0 fully saturated rings. The minimum absolute atomic E-state index is 0.0817. The Kier molecular flexibility index (Phi) is 4.50. The molecule has 0 bridgehead atoms. The van der Waals surface area contributed by atoms with E-state index in [4.69, 9.17) is 0 Å². The largest absolute Gasteiger partial charge is 0.310 e. The Morgan fingerprint density at radius 1 is 1.10 bits per heavy atom. The first-order valence-electron chi connectivity index (χ1n) is 6.83. The van der Waals surface area contributed by atoms with Crippen molar-refractivity contribution in [3.05, 3.63) is 59.2 Å². The van der Waals surface area contributed by atoms with Crippen LogP contribution in [0.4, 0.5) is 8.78 Å². The van der Waals surface area contributed by atoms with Gasteiger partial charge in [0.1, 0.15) is 11.6 Å². The van der Waals surface area contributed by atoms with E-state index in [1.807, 2.05) is 19.9 Å². The lowest BCUT2D eigenvalue weighted by atomic mass is 9.92. The average Bonchev–Trinajstić information content (AvgIpc) is 2.42. The summed E-state index contributed by atoms with van der Waals surface area (Å²) in [5.41, 5.74) is 3.00. The van der Waals surface area contributed by atoms with Gasteiger partial charge in [0.25, 0.3) is 0 Å². The van der Waals surface area contributed by atoms with Crippen molar-refractivity contribution in [2.75, 3.05) is 6.54 Å². The highest BCUT2D eigenvalue weighted by molar-refractivity contribution is 5.71. The normalized spacial score (nSPS) is 12.4. The maximum Gasteiger partial charge on any atom is 0.126 e. The summed E-state index contributed by atoms with van der Waals surface area (Å²) in [6, 6.07) is 9.68. The van der Waals surface area contributed by atoms with Crippen molar-refractivity contribution in [1.82, 2.24) is 5.32 Å². The highest BCUT2D eigenvalue weighted by Gasteiger charge is 2.15. The van der Waals surface area contributed by atoms with Crippen LogP contribution in [0, 0.1) is 18.6 Å². The molecule has 0 amide bonds. The predicted octanol–water partition coefficient (Wildman–Crippen LogP) is 4.61. The van der Waals surface area contributed by atoms with Gasteiger partial charge in [-0.25, -0.2) is 8.78 Å². The molecule has 1 N–H and O–H groups in total. The van der Waals surface area contributed by atoms with Gasteiger partial charge in [-0.15, -0.1) is 0 Å². The Balaban J connectivity index is 2.60. The van der Waals surface area contributed by atoms with Gasteiger partial charge in [0.05, 0.1) is 0 Å². The molecule has 0 aliphatic rings.